The van der Waals surface area contributed by atoms with Crippen molar-refractivity contribution in [2.24, 2.45) is 0 Å². The van der Waals surface area contributed by atoms with Crippen LogP contribution in [0.25, 0.3) is 0 Å². The molecule has 7 heteroatoms. The van der Waals surface area contributed by atoms with Crippen molar-refractivity contribution in [1.82, 2.24) is 0 Å². The Morgan fingerprint density at radius 2 is 2.07 bits per heavy atom. The van der Waals surface area contributed by atoms with Gasteiger partial charge in [-0.3, -0.25) is 9.59 Å². The molecule has 0 amide bonds. The minimum Gasteiger partial charge on any atom is -0.507 e. The van der Waals surface area contributed by atoms with E-state index in [0.717, 1.165) is 6.42 Å². The van der Waals surface area contributed by atoms with Crippen LogP contribution in [0, 0.1) is 5.82 Å². The van der Waals surface area contributed by atoms with Gasteiger partial charge in [0.2, 0.25) is 0 Å². The zero-order valence-corrected chi connectivity index (χ0v) is 16.3. The van der Waals surface area contributed by atoms with Gasteiger partial charge in [-0.1, -0.05) is 19.4 Å². The fraction of sp³-hybridized carbons (Fsp3) is 0.364. The lowest BCUT2D eigenvalue weighted by Crippen LogP contribution is -2.23. The van der Waals surface area contributed by atoms with Crippen molar-refractivity contribution in [2.45, 2.75) is 45.6 Å². The second-order valence-electron chi connectivity index (χ2n) is 7.14. The number of hydrogen-bond acceptors (Lipinski definition) is 5. The molecule has 2 aromatic rings. The van der Waals surface area contributed by atoms with Crippen molar-refractivity contribution in [2.75, 3.05) is 6.61 Å². The van der Waals surface area contributed by atoms with Crippen molar-refractivity contribution in [3.63, 3.8) is 0 Å². The minimum atomic E-state index is -1.03. The Balaban J connectivity index is 1.74. The van der Waals surface area contributed by atoms with E-state index in [1.54, 1.807) is 12.1 Å². The van der Waals surface area contributed by atoms with Crippen LogP contribution < -0.4 is 9.47 Å². The Morgan fingerprint density at radius 3 is 2.72 bits per heavy atom. The normalized spacial score (nSPS) is 14.9. The number of phenols is 1. The first-order chi connectivity index (χ1) is 13.8. The van der Waals surface area contributed by atoms with E-state index in [-0.39, 0.29) is 35.9 Å². The molecule has 1 heterocycles. The third-order valence-corrected chi connectivity index (χ3v) is 4.81. The van der Waals surface area contributed by atoms with E-state index in [9.17, 15) is 19.1 Å². The molecule has 0 fully saturated rings. The smallest absolute Gasteiger partial charge is 0.307 e. The molecule has 2 N–H and O–H groups in total. The number of phenolic OH excluding ortho intramolecular Hbond substituents is 1. The molecule has 0 saturated carbocycles. The predicted octanol–water partition coefficient (Wildman–Crippen LogP) is 3.70. The van der Waals surface area contributed by atoms with Crippen LogP contribution >= 0.6 is 0 Å². The van der Waals surface area contributed by atoms with Gasteiger partial charge >= 0.3 is 5.97 Å². The molecule has 6 nitrogen and oxygen atoms in total. The number of hydrogen-bond donors (Lipinski definition) is 2. The van der Waals surface area contributed by atoms with Gasteiger partial charge in [0.25, 0.3) is 0 Å². The highest BCUT2D eigenvalue weighted by Crippen LogP contribution is 2.35. The van der Waals surface area contributed by atoms with Crippen LogP contribution in [0.15, 0.2) is 24.3 Å². The zero-order chi connectivity index (χ0) is 21.1. The number of benzene rings is 2. The monoisotopic (exact) mass is 402 g/mol. The van der Waals surface area contributed by atoms with Gasteiger partial charge in [-0.25, -0.2) is 4.39 Å². The molecule has 0 radical (unpaired) electrons. The number of aliphatic carboxylic acids is 1. The van der Waals surface area contributed by atoms with Gasteiger partial charge < -0.3 is 19.7 Å². The number of halogens is 1. The summed E-state index contributed by atoms with van der Waals surface area (Å²) in [7, 11) is 0. The third-order valence-electron chi connectivity index (χ3n) is 4.81. The maximum atomic E-state index is 14.3. The molecule has 0 spiro atoms. The van der Waals surface area contributed by atoms with E-state index >= 15 is 0 Å². The van der Waals surface area contributed by atoms with Crippen LogP contribution in [0.5, 0.6) is 17.2 Å². The zero-order valence-electron chi connectivity index (χ0n) is 16.3. The average molecular weight is 402 g/mol. The van der Waals surface area contributed by atoms with Gasteiger partial charge in [-0.05, 0) is 37.1 Å². The molecule has 2 aromatic carbocycles. The van der Waals surface area contributed by atoms with Crippen LogP contribution in [0.1, 0.15) is 47.3 Å². The topological polar surface area (TPSA) is 93.1 Å². The predicted molar refractivity (Wildman–Crippen MR) is 103 cm³/mol. The number of ether oxygens (including phenoxy) is 2. The summed E-state index contributed by atoms with van der Waals surface area (Å²) in [6, 6.07) is 5.99. The Labute approximate surface area is 167 Å². The van der Waals surface area contributed by atoms with Gasteiger partial charge in [-0.2, -0.15) is 0 Å². The van der Waals surface area contributed by atoms with E-state index in [4.69, 9.17) is 14.6 Å². The van der Waals surface area contributed by atoms with Crippen LogP contribution in [-0.2, 0) is 24.1 Å². The molecule has 1 aliphatic heterocycles. The van der Waals surface area contributed by atoms with E-state index in [0.29, 0.717) is 35.3 Å². The van der Waals surface area contributed by atoms with E-state index in [2.05, 4.69) is 0 Å². The Bertz CT molecular complexity index is 953. The molecule has 0 aromatic heterocycles. The molecule has 0 saturated heterocycles. The lowest BCUT2D eigenvalue weighted by Gasteiger charge is -2.17. The number of carboxylic acid groups (broad SMARTS) is 1. The van der Waals surface area contributed by atoms with Crippen molar-refractivity contribution in [3.8, 4) is 17.2 Å². The number of rotatable bonds is 8. The Kier molecular flexibility index (Phi) is 6.06. The quantitative estimate of drug-likeness (QED) is 0.654. The van der Waals surface area contributed by atoms with Gasteiger partial charge in [0.15, 0.2) is 17.3 Å². The Morgan fingerprint density at radius 1 is 1.31 bits per heavy atom. The SMILES string of the molecule is CCCc1c(OCC2Cc3cc(CC(=O)O)cc(F)c3O2)ccc(C(C)=O)c1O. The molecule has 1 aliphatic rings. The summed E-state index contributed by atoms with van der Waals surface area (Å²) < 4.78 is 25.7. The Hall–Kier alpha value is -3.09. The first kappa shape index (κ1) is 20.6. The molecular weight excluding hydrogens is 379 g/mol. The standard InChI is InChI=1S/C22H23FO6/c1-3-4-17-19(6-5-16(12(2)24)21(17)27)28-11-15-10-14-7-13(9-20(25)26)8-18(23)22(14)29-15/h5-8,15,27H,3-4,9-11H2,1-2H3,(H,25,26). The first-order valence-electron chi connectivity index (χ1n) is 9.48. The largest absolute Gasteiger partial charge is 0.507 e. The van der Waals surface area contributed by atoms with Crippen LogP contribution in [0.2, 0.25) is 0 Å². The van der Waals surface area contributed by atoms with Crippen molar-refractivity contribution in [1.29, 1.82) is 0 Å². The summed E-state index contributed by atoms with van der Waals surface area (Å²) in [6.07, 6.45) is 0.993. The number of carboxylic acids is 1. The molecular formula is C22H23FO6. The fourth-order valence-electron chi connectivity index (χ4n) is 3.53. The molecule has 1 atom stereocenters. The summed E-state index contributed by atoms with van der Waals surface area (Å²) >= 11 is 0. The van der Waals surface area contributed by atoms with Crippen LogP contribution in [-0.4, -0.2) is 34.7 Å². The third kappa shape index (κ3) is 4.50. The summed E-state index contributed by atoms with van der Waals surface area (Å²) in [5.74, 6) is -1.33. The number of fused-ring (bicyclic) bond motifs is 1. The number of carbonyl (C=O) groups is 2. The van der Waals surface area contributed by atoms with Crippen molar-refractivity contribution >= 4 is 11.8 Å². The highest BCUT2D eigenvalue weighted by Gasteiger charge is 2.28. The number of ketones is 1. The highest BCUT2D eigenvalue weighted by atomic mass is 19.1. The summed E-state index contributed by atoms with van der Waals surface area (Å²) in [4.78, 5) is 22.5. The second kappa shape index (κ2) is 8.51. The van der Waals surface area contributed by atoms with Crippen molar-refractivity contribution < 1.29 is 33.7 Å². The molecule has 29 heavy (non-hydrogen) atoms. The van der Waals surface area contributed by atoms with Gasteiger partial charge in [0.1, 0.15) is 24.2 Å². The lowest BCUT2D eigenvalue weighted by molar-refractivity contribution is -0.136. The molecule has 0 bridgehead atoms. The number of Topliss-reactive ketones (excluding diaryl/α,β-unsaturated/α-hetero) is 1. The summed E-state index contributed by atoms with van der Waals surface area (Å²) in [6.45, 7) is 3.47. The summed E-state index contributed by atoms with van der Waals surface area (Å²) in [5, 5.41) is 19.3. The molecule has 3 rings (SSSR count). The van der Waals surface area contributed by atoms with Crippen LogP contribution in [0.4, 0.5) is 4.39 Å². The van der Waals surface area contributed by atoms with E-state index < -0.39 is 17.9 Å². The van der Waals surface area contributed by atoms with Gasteiger partial charge in [-0.15, -0.1) is 0 Å². The van der Waals surface area contributed by atoms with E-state index in [1.807, 2.05) is 6.92 Å². The average Bonchev–Trinajstić information content (AvgIpc) is 3.05. The second-order valence-corrected chi connectivity index (χ2v) is 7.14. The van der Waals surface area contributed by atoms with Crippen molar-refractivity contribution in [3.05, 3.63) is 52.3 Å². The van der Waals surface area contributed by atoms with Gasteiger partial charge in [0, 0.05) is 17.5 Å². The minimum absolute atomic E-state index is 0.0724. The maximum absolute atomic E-state index is 14.3. The maximum Gasteiger partial charge on any atom is 0.307 e. The van der Waals surface area contributed by atoms with E-state index in [1.165, 1.54) is 19.1 Å². The fourth-order valence-corrected chi connectivity index (χ4v) is 3.53. The number of aromatic hydroxyl groups is 1. The number of carbonyl (C=O) groups excluding carboxylic acids is 1. The first-order valence-corrected chi connectivity index (χ1v) is 9.48. The van der Waals surface area contributed by atoms with Crippen LogP contribution in [0.3, 0.4) is 0 Å². The lowest BCUT2D eigenvalue weighted by atomic mass is 10.0. The molecule has 1 unspecified atom stereocenters. The molecule has 154 valence electrons. The summed E-state index contributed by atoms with van der Waals surface area (Å²) in [5.41, 5.74) is 1.80. The highest BCUT2D eigenvalue weighted by molar-refractivity contribution is 5.97. The molecule has 0 aliphatic carbocycles. The van der Waals surface area contributed by atoms with Gasteiger partial charge in [0.05, 0.1) is 12.0 Å².